The minimum absolute atomic E-state index is 0.0218. The van der Waals surface area contributed by atoms with E-state index in [1.165, 1.54) is 6.07 Å². The summed E-state index contributed by atoms with van der Waals surface area (Å²) in [7, 11) is 0. The van der Waals surface area contributed by atoms with Crippen LogP contribution in [0.3, 0.4) is 0 Å². The maximum atomic E-state index is 12.3. The van der Waals surface area contributed by atoms with Crippen molar-refractivity contribution in [2.45, 2.75) is 6.92 Å². The van der Waals surface area contributed by atoms with Crippen molar-refractivity contribution in [2.75, 3.05) is 5.32 Å². The maximum absolute atomic E-state index is 12.3. The fraction of sp³-hybridized carbons (Fsp3) is 0.0526. The van der Waals surface area contributed by atoms with Crippen molar-refractivity contribution < 1.29 is 9.21 Å². The van der Waals surface area contributed by atoms with Gasteiger partial charge >= 0.3 is 0 Å². The number of aryl methyl sites for hydroxylation is 1. The number of carbonyl (C=O) groups is 1. The third-order valence-electron chi connectivity index (χ3n) is 3.44. The van der Waals surface area contributed by atoms with Gasteiger partial charge in [0.15, 0.2) is 5.43 Å². The molecule has 1 heterocycles. The Labute approximate surface area is 133 Å². The summed E-state index contributed by atoms with van der Waals surface area (Å²) in [5.74, 6) is 0.274. The number of rotatable bonds is 3. The summed E-state index contributed by atoms with van der Waals surface area (Å²) in [4.78, 5) is 24.7. The molecule has 1 N–H and O–H groups in total. The number of amides is 1. The third-order valence-corrected chi connectivity index (χ3v) is 3.44. The molecule has 23 heavy (non-hydrogen) atoms. The molecule has 2 aromatic carbocycles. The molecule has 1 aromatic heterocycles. The van der Waals surface area contributed by atoms with E-state index >= 15 is 0 Å². The van der Waals surface area contributed by atoms with E-state index < -0.39 is 5.91 Å². The maximum Gasteiger partial charge on any atom is 0.263 e. The summed E-state index contributed by atoms with van der Waals surface area (Å²) in [6, 6.07) is 19.6. The number of hydrogen-bond donors (Lipinski definition) is 1. The van der Waals surface area contributed by atoms with E-state index in [-0.39, 0.29) is 11.0 Å². The van der Waals surface area contributed by atoms with Crippen molar-refractivity contribution in [3.63, 3.8) is 0 Å². The van der Waals surface area contributed by atoms with Gasteiger partial charge in [0.05, 0.1) is 0 Å². The number of para-hydroxylation sites is 1. The summed E-state index contributed by atoms with van der Waals surface area (Å²) in [6.07, 6.45) is 0. The number of nitrogens with one attached hydrogen (secondary N) is 1. The Bertz CT molecular complexity index is 883. The predicted octanol–water partition coefficient (Wildman–Crippen LogP) is 3.87. The summed E-state index contributed by atoms with van der Waals surface area (Å²) >= 11 is 0. The molecule has 0 radical (unpaired) electrons. The van der Waals surface area contributed by atoms with Crippen LogP contribution >= 0.6 is 0 Å². The fourth-order valence-corrected chi connectivity index (χ4v) is 2.34. The standard InChI is InChI=1S/C19H15NO3/c1-13-18(19(22)20-15-10-6-3-7-11-15)16(21)12-17(23-13)14-8-4-2-5-9-14/h2-12H,1H3,(H,20,22). The Morgan fingerprint density at radius 3 is 2.17 bits per heavy atom. The third kappa shape index (κ3) is 3.21. The van der Waals surface area contributed by atoms with E-state index in [1.807, 2.05) is 48.5 Å². The van der Waals surface area contributed by atoms with Crippen molar-refractivity contribution in [1.82, 2.24) is 0 Å². The number of hydrogen-bond acceptors (Lipinski definition) is 3. The van der Waals surface area contributed by atoms with Crippen LogP contribution in [0.2, 0.25) is 0 Å². The average molecular weight is 305 g/mol. The van der Waals surface area contributed by atoms with E-state index in [0.717, 1.165) is 5.56 Å². The van der Waals surface area contributed by atoms with Crippen molar-refractivity contribution in [3.05, 3.63) is 88.3 Å². The van der Waals surface area contributed by atoms with Crippen LogP contribution in [0, 0.1) is 6.92 Å². The second-order valence-corrected chi connectivity index (χ2v) is 5.09. The van der Waals surface area contributed by atoms with Crippen LogP contribution in [0.1, 0.15) is 16.1 Å². The molecule has 3 aromatic rings. The van der Waals surface area contributed by atoms with Crippen LogP contribution in [0.5, 0.6) is 0 Å². The molecule has 0 saturated carbocycles. The molecule has 0 aliphatic rings. The molecule has 0 unspecified atom stereocenters. The highest BCUT2D eigenvalue weighted by Crippen LogP contribution is 2.20. The highest BCUT2D eigenvalue weighted by atomic mass is 16.3. The molecule has 0 aliphatic heterocycles. The molecule has 1 amide bonds. The molecule has 4 heteroatoms. The minimum atomic E-state index is -0.470. The summed E-state index contributed by atoms with van der Waals surface area (Å²) < 4.78 is 5.67. The van der Waals surface area contributed by atoms with Crippen molar-refractivity contribution in [3.8, 4) is 11.3 Å². The van der Waals surface area contributed by atoms with Crippen LogP contribution in [-0.4, -0.2) is 5.91 Å². The van der Waals surface area contributed by atoms with E-state index in [9.17, 15) is 9.59 Å². The lowest BCUT2D eigenvalue weighted by molar-refractivity contribution is 0.102. The summed E-state index contributed by atoms with van der Waals surface area (Å²) in [6.45, 7) is 1.62. The SMILES string of the molecule is Cc1oc(-c2ccccc2)cc(=O)c1C(=O)Nc1ccccc1. The van der Waals surface area contributed by atoms with E-state index in [1.54, 1.807) is 19.1 Å². The molecule has 0 atom stereocenters. The van der Waals surface area contributed by atoms with Gasteiger partial charge in [0, 0.05) is 17.3 Å². The molecule has 0 fully saturated rings. The van der Waals surface area contributed by atoms with Crippen LogP contribution < -0.4 is 10.7 Å². The van der Waals surface area contributed by atoms with Crippen LogP contribution in [0.4, 0.5) is 5.69 Å². The normalized spacial score (nSPS) is 10.3. The van der Waals surface area contributed by atoms with E-state index in [0.29, 0.717) is 17.2 Å². The first kappa shape index (κ1) is 14.8. The second kappa shape index (κ2) is 6.32. The van der Waals surface area contributed by atoms with Gasteiger partial charge in [-0.1, -0.05) is 48.5 Å². The molecule has 114 valence electrons. The Morgan fingerprint density at radius 1 is 0.957 bits per heavy atom. The molecule has 0 spiro atoms. The van der Waals surface area contributed by atoms with Gasteiger partial charge in [-0.25, -0.2) is 0 Å². The zero-order valence-electron chi connectivity index (χ0n) is 12.6. The Balaban J connectivity index is 1.95. The smallest absolute Gasteiger partial charge is 0.263 e. The van der Waals surface area contributed by atoms with Gasteiger partial charge in [-0.05, 0) is 19.1 Å². The molecule has 0 aliphatic carbocycles. The number of anilines is 1. The largest absolute Gasteiger partial charge is 0.460 e. The lowest BCUT2D eigenvalue weighted by Crippen LogP contribution is -2.22. The number of carbonyl (C=O) groups excluding carboxylic acids is 1. The second-order valence-electron chi connectivity index (χ2n) is 5.09. The zero-order chi connectivity index (χ0) is 16.2. The van der Waals surface area contributed by atoms with Crippen molar-refractivity contribution in [2.24, 2.45) is 0 Å². The lowest BCUT2D eigenvalue weighted by atomic mass is 10.1. The molecular weight excluding hydrogens is 290 g/mol. The van der Waals surface area contributed by atoms with Crippen LogP contribution in [0.25, 0.3) is 11.3 Å². The van der Waals surface area contributed by atoms with Crippen LogP contribution in [-0.2, 0) is 0 Å². The fourth-order valence-electron chi connectivity index (χ4n) is 2.34. The lowest BCUT2D eigenvalue weighted by Gasteiger charge is -2.08. The molecule has 0 bridgehead atoms. The first-order chi connectivity index (χ1) is 11.1. The molecular formula is C19H15NO3. The van der Waals surface area contributed by atoms with Crippen LogP contribution in [0.15, 0.2) is 75.9 Å². The summed E-state index contributed by atoms with van der Waals surface area (Å²) in [5, 5.41) is 2.70. The monoisotopic (exact) mass is 305 g/mol. The quantitative estimate of drug-likeness (QED) is 0.799. The first-order valence-corrected chi connectivity index (χ1v) is 7.22. The van der Waals surface area contributed by atoms with Gasteiger partial charge in [-0.15, -0.1) is 0 Å². The zero-order valence-corrected chi connectivity index (χ0v) is 12.6. The van der Waals surface area contributed by atoms with Gasteiger partial charge in [0.2, 0.25) is 0 Å². The van der Waals surface area contributed by atoms with Gasteiger partial charge in [0.25, 0.3) is 5.91 Å². The molecule has 0 saturated heterocycles. The minimum Gasteiger partial charge on any atom is -0.460 e. The Morgan fingerprint density at radius 2 is 1.57 bits per heavy atom. The van der Waals surface area contributed by atoms with Gasteiger partial charge in [0.1, 0.15) is 17.1 Å². The Hall–Kier alpha value is -3.14. The van der Waals surface area contributed by atoms with E-state index in [4.69, 9.17) is 4.42 Å². The first-order valence-electron chi connectivity index (χ1n) is 7.22. The summed E-state index contributed by atoms with van der Waals surface area (Å²) in [5.41, 5.74) is 1.08. The van der Waals surface area contributed by atoms with Crippen molar-refractivity contribution >= 4 is 11.6 Å². The highest BCUT2D eigenvalue weighted by molar-refractivity contribution is 6.04. The predicted molar refractivity (Wildman–Crippen MR) is 89.5 cm³/mol. The van der Waals surface area contributed by atoms with Gasteiger partial charge in [-0.3, -0.25) is 9.59 Å². The van der Waals surface area contributed by atoms with Gasteiger partial charge < -0.3 is 9.73 Å². The topological polar surface area (TPSA) is 59.3 Å². The highest BCUT2D eigenvalue weighted by Gasteiger charge is 2.17. The number of benzene rings is 2. The molecule has 4 nitrogen and oxygen atoms in total. The van der Waals surface area contributed by atoms with Gasteiger partial charge in [-0.2, -0.15) is 0 Å². The van der Waals surface area contributed by atoms with E-state index in [2.05, 4.69) is 5.32 Å². The average Bonchev–Trinajstić information content (AvgIpc) is 2.56. The van der Waals surface area contributed by atoms with Crippen molar-refractivity contribution in [1.29, 1.82) is 0 Å². The molecule has 3 rings (SSSR count). The Kier molecular flexibility index (Phi) is 4.06.